The van der Waals surface area contributed by atoms with Crippen LogP contribution in [-0.2, 0) is 16.6 Å². The van der Waals surface area contributed by atoms with Crippen LogP contribution in [0.1, 0.15) is 37.3 Å². The molecule has 0 spiro atoms. The number of hydrogen-bond donors (Lipinski definition) is 2. The maximum absolute atomic E-state index is 12.2. The Balaban J connectivity index is 1.72. The molecule has 6 nitrogen and oxygen atoms in total. The van der Waals surface area contributed by atoms with E-state index in [1.807, 2.05) is 0 Å². The fourth-order valence-electron chi connectivity index (χ4n) is 2.90. The second-order valence-corrected chi connectivity index (χ2v) is 7.31. The molecular weight excluding hydrogens is 288 g/mol. The van der Waals surface area contributed by atoms with E-state index in [1.54, 1.807) is 11.3 Å². The Kier molecular flexibility index (Phi) is 3.61. The van der Waals surface area contributed by atoms with Crippen molar-refractivity contribution in [3.63, 3.8) is 0 Å². The first-order valence-electron chi connectivity index (χ1n) is 7.28. The van der Waals surface area contributed by atoms with Gasteiger partial charge >= 0.3 is 6.03 Å². The lowest BCUT2D eigenvalue weighted by molar-refractivity contribution is -0.123. The summed E-state index contributed by atoms with van der Waals surface area (Å²) in [6.45, 7) is 5.56. The largest absolute Gasteiger partial charge is 0.353 e. The number of fused-ring (bicyclic) bond motifs is 1. The summed E-state index contributed by atoms with van der Waals surface area (Å²) in [5.74, 6) is -0.115. The molecule has 114 valence electrons. The fraction of sp³-hybridized carbons (Fsp3) is 0.643. The number of aryl methyl sites for hydroxylation is 1. The number of rotatable bonds is 1. The highest BCUT2D eigenvalue weighted by Crippen LogP contribution is 2.40. The summed E-state index contributed by atoms with van der Waals surface area (Å²) in [5, 5.41) is 6.19. The van der Waals surface area contributed by atoms with Crippen LogP contribution in [0.25, 0.3) is 0 Å². The molecule has 0 unspecified atom stereocenters. The summed E-state index contributed by atoms with van der Waals surface area (Å²) in [4.78, 5) is 30.9. The van der Waals surface area contributed by atoms with Gasteiger partial charge in [0, 0.05) is 23.4 Å². The zero-order valence-electron chi connectivity index (χ0n) is 12.4. The molecular formula is C14H20N4O2S. The number of hydrogen-bond acceptors (Lipinski definition) is 4. The fourth-order valence-corrected chi connectivity index (χ4v) is 4.07. The van der Waals surface area contributed by atoms with E-state index in [-0.39, 0.29) is 23.9 Å². The van der Waals surface area contributed by atoms with Crippen molar-refractivity contribution >= 4 is 28.4 Å². The number of anilines is 1. The zero-order chi connectivity index (χ0) is 15.0. The lowest BCUT2D eigenvalue weighted by atomic mass is 9.79. The summed E-state index contributed by atoms with van der Waals surface area (Å²) in [6.07, 6.45) is 3.34. The molecule has 0 radical (unpaired) electrons. The van der Waals surface area contributed by atoms with Gasteiger partial charge in [0.2, 0.25) is 5.91 Å². The van der Waals surface area contributed by atoms with Gasteiger partial charge in [-0.25, -0.2) is 9.78 Å². The smallest absolute Gasteiger partial charge is 0.324 e. The average Bonchev–Trinajstić information content (AvgIpc) is 2.82. The van der Waals surface area contributed by atoms with Crippen molar-refractivity contribution in [1.82, 2.24) is 15.2 Å². The molecule has 3 rings (SSSR count). The Morgan fingerprint density at radius 3 is 3.00 bits per heavy atom. The minimum atomic E-state index is -0.242. The van der Waals surface area contributed by atoms with Crippen molar-refractivity contribution in [2.75, 3.05) is 25.0 Å². The molecule has 0 bridgehead atoms. The van der Waals surface area contributed by atoms with Gasteiger partial charge in [-0.2, -0.15) is 0 Å². The summed E-state index contributed by atoms with van der Waals surface area (Å²) in [6, 6.07) is -0.242. The molecule has 3 amide bonds. The molecule has 1 aromatic heterocycles. The Hall–Kier alpha value is -1.63. The van der Waals surface area contributed by atoms with Crippen molar-refractivity contribution < 1.29 is 9.59 Å². The van der Waals surface area contributed by atoms with Gasteiger partial charge in [-0.1, -0.05) is 13.8 Å². The number of carbonyl (C=O) groups is 2. The van der Waals surface area contributed by atoms with E-state index >= 15 is 0 Å². The summed E-state index contributed by atoms with van der Waals surface area (Å²) >= 11 is 1.56. The molecule has 2 heterocycles. The van der Waals surface area contributed by atoms with Gasteiger partial charge in [-0.15, -0.1) is 11.3 Å². The van der Waals surface area contributed by atoms with Gasteiger partial charge in [0.05, 0.1) is 5.69 Å². The van der Waals surface area contributed by atoms with Gasteiger partial charge in [-0.3, -0.25) is 10.1 Å². The highest BCUT2D eigenvalue weighted by molar-refractivity contribution is 7.15. The standard InChI is InChI=1S/C14H20N4O2S/c1-14(2)5-3-4-9-11(14)16-12(21-9)17-13(20)18-7-6-15-10(19)8-18/h3-8H2,1-2H3,(H,15,19)(H,16,17,20). The number of carbonyl (C=O) groups excluding carboxylic acids is 2. The first-order valence-corrected chi connectivity index (χ1v) is 8.10. The van der Waals surface area contributed by atoms with Crippen LogP contribution >= 0.6 is 11.3 Å². The maximum Gasteiger partial charge on any atom is 0.324 e. The van der Waals surface area contributed by atoms with Crippen LogP contribution in [0, 0.1) is 0 Å². The summed E-state index contributed by atoms with van der Waals surface area (Å²) in [5.41, 5.74) is 1.20. The van der Waals surface area contributed by atoms with E-state index in [1.165, 1.54) is 16.2 Å². The van der Waals surface area contributed by atoms with Crippen LogP contribution < -0.4 is 10.6 Å². The van der Waals surface area contributed by atoms with E-state index in [0.717, 1.165) is 18.5 Å². The van der Waals surface area contributed by atoms with Crippen LogP contribution in [0.15, 0.2) is 0 Å². The van der Waals surface area contributed by atoms with Gasteiger partial charge in [-0.05, 0) is 19.3 Å². The number of urea groups is 1. The lowest BCUT2D eigenvalue weighted by Crippen LogP contribution is -2.51. The maximum atomic E-state index is 12.2. The topological polar surface area (TPSA) is 74.3 Å². The van der Waals surface area contributed by atoms with Crippen LogP contribution in [0.4, 0.5) is 9.93 Å². The Bertz CT molecular complexity index is 582. The number of aromatic nitrogens is 1. The summed E-state index contributed by atoms with van der Waals surface area (Å²) < 4.78 is 0. The monoisotopic (exact) mass is 308 g/mol. The SMILES string of the molecule is CC1(C)CCCc2sc(NC(=O)N3CCNC(=O)C3)nc21. The normalized spacial score (nSPS) is 20.7. The van der Waals surface area contributed by atoms with Gasteiger partial charge < -0.3 is 10.2 Å². The molecule has 2 aliphatic rings. The number of nitrogens with zero attached hydrogens (tertiary/aromatic N) is 2. The molecule has 1 saturated heterocycles. The number of nitrogens with one attached hydrogen (secondary N) is 2. The third-order valence-electron chi connectivity index (χ3n) is 4.08. The van der Waals surface area contributed by atoms with Crippen LogP contribution in [0.2, 0.25) is 0 Å². The molecule has 1 aliphatic heterocycles. The predicted molar refractivity (Wildman–Crippen MR) is 81.7 cm³/mol. The Morgan fingerprint density at radius 1 is 1.48 bits per heavy atom. The first kappa shape index (κ1) is 14.3. The minimum absolute atomic E-state index is 0.0814. The quantitative estimate of drug-likeness (QED) is 0.829. The van der Waals surface area contributed by atoms with Crippen molar-refractivity contribution in [2.45, 2.75) is 38.5 Å². The van der Waals surface area contributed by atoms with E-state index < -0.39 is 0 Å². The van der Waals surface area contributed by atoms with E-state index in [2.05, 4.69) is 29.5 Å². The van der Waals surface area contributed by atoms with Crippen molar-refractivity contribution in [3.8, 4) is 0 Å². The lowest BCUT2D eigenvalue weighted by Gasteiger charge is -2.28. The Morgan fingerprint density at radius 2 is 2.29 bits per heavy atom. The molecule has 21 heavy (non-hydrogen) atoms. The summed E-state index contributed by atoms with van der Waals surface area (Å²) in [7, 11) is 0. The number of piperazine rings is 1. The van der Waals surface area contributed by atoms with E-state index in [0.29, 0.717) is 18.2 Å². The minimum Gasteiger partial charge on any atom is -0.353 e. The number of amides is 3. The average molecular weight is 308 g/mol. The molecule has 0 saturated carbocycles. The van der Waals surface area contributed by atoms with Crippen LogP contribution in [0.5, 0.6) is 0 Å². The van der Waals surface area contributed by atoms with E-state index in [4.69, 9.17) is 0 Å². The zero-order valence-corrected chi connectivity index (χ0v) is 13.2. The van der Waals surface area contributed by atoms with Gasteiger partial charge in [0.25, 0.3) is 0 Å². The molecule has 2 N–H and O–H groups in total. The van der Waals surface area contributed by atoms with Gasteiger partial charge in [0.1, 0.15) is 6.54 Å². The van der Waals surface area contributed by atoms with E-state index in [9.17, 15) is 9.59 Å². The predicted octanol–water partition coefficient (Wildman–Crippen LogP) is 1.72. The molecule has 0 atom stereocenters. The van der Waals surface area contributed by atoms with Crippen molar-refractivity contribution in [2.24, 2.45) is 0 Å². The number of thiazole rings is 1. The molecule has 1 fully saturated rings. The Labute approximate surface area is 127 Å². The highest BCUT2D eigenvalue weighted by Gasteiger charge is 2.32. The second-order valence-electron chi connectivity index (χ2n) is 6.23. The molecule has 1 aliphatic carbocycles. The molecule has 7 heteroatoms. The second kappa shape index (κ2) is 5.29. The van der Waals surface area contributed by atoms with Gasteiger partial charge in [0.15, 0.2) is 5.13 Å². The molecule has 1 aromatic rings. The van der Waals surface area contributed by atoms with Crippen LogP contribution in [0.3, 0.4) is 0 Å². The third-order valence-corrected chi connectivity index (χ3v) is 5.11. The third kappa shape index (κ3) is 2.88. The highest BCUT2D eigenvalue weighted by atomic mass is 32.1. The van der Waals surface area contributed by atoms with Crippen LogP contribution in [-0.4, -0.2) is 41.5 Å². The first-order chi connectivity index (χ1) is 9.95. The molecule has 0 aromatic carbocycles. The van der Waals surface area contributed by atoms with Crippen molar-refractivity contribution in [3.05, 3.63) is 10.6 Å². The van der Waals surface area contributed by atoms with Crippen molar-refractivity contribution in [1.29, 1.82) is 0 Å².